The van der Waals surface area contributed by atoms with Crippen LogP contribution in [-0.4, -0.2) is 59.5 Å². The van der Waals surface area contributed by atoms with Crippen molar-refractivity contribution in [2.24, 2.45) is 0 Å². The van der Waals surface area contributed by atoms with Gasteiger partial charge in [-0.25, -0.2) is 0 Å². The number of hydrogen-bond acceptors (Lipinski definition) is 6. The van der Waals surface area contributed by atoms with Gasteiger partial charge in [0.05, 0.1) is 0 Å². The lowest BCUT2D eigenvalue weighted by Crippen LogP contribution is -2.52. The monoisotopic (exact) mass is 436 g/mol. The number of ketones is 1. The first-order valence-corrected chi connectivity index (χ1v) is 9.92. The van der Waals surface area contributed by atoms with Gasteiger partial charge in [-0.2, -0.15) is 0 Å². The molecular weight excluding hydrogens is 412 g/mol. The normalized spacial score (nSPS) is 11.6. The van der Waals surface area contributed by atoms with Crippen LogP contribution >= 0.6 is 0 Å². The third-order valence-corrected chi connectivity index (χ3v) is 5.12. The van der Waals surface area contributed by atoms with Gasteiger partial charge in [0.15, 0.2) is 11.8 Å². The van der Waals surface area contributed by atoms with Gasteiger partial charge in [0.2, 0.25) is 5.91 Å². The standard InChI is InChI=1S/C24H24N2O6/c1-25-23(30)22(20(29)14-28)26(2)24(31)18-9-5-16(6-10-18)15-3-7-17(8-4-15)21-12-11-19(13-27)32-21/h3-12,22,27-28H,13-14H2,1-2H3,(H,25,30). The Labute approximate surface area is 185 Å². The molecule has 32 heavy (non-hydrogen) atoms. The third-order valence-electron chi connectivity index (χ3n) is 5.12. The molecule has 0 radical (unpaired) electrons. The summed E-state index contributed by atoms with van der Waals surface area (Å²) in [6.45, 7) is -1.000. The van der Waals surface area contributed by atoms with E-state index in [0.29, 0.717) is 17.1 Å². The lowest BCUT2D eigenvalue weighted by atomic mass is 10.0. The van der Waals surface area contributed by atoms with E-state index in [1.54, 1.807) is 36.4 Å². The zero-order valence-electron chi connectivity index (χ0n) is 17.7. The molecule has 0 aliphatic carbocycles. The quantitative estimate of drug-likeness (QED) is 0.464. The molecule has 3 N–H and O–H groups in total. The number of rotatable bonds is 8. The Bertz CT molecular complexity index is 1090. The lowest BCUT2D eigenvalue weighted by molar-refractivity contribution is -0.135. The Morgan fingerprint density at radius 3 is 1.97 bits per heavy atom. The Morgan fingerprint density at radius 2 is 1.47 bits per heavy atom. The van der Waals surface area contributed by atoms with Crippen molar-refractivity contribution in [2.45, 2.75) is 12.6 Å². The van der Waals surface area contributed by atoms with Crippen molar-refractivity contribution in [3.05, 3.63) is 72.0 Å². The summed E-state index contributed by atoms with van der Waals surface area (Å²) in [5, 5.41) is 20.6. The van der Waals surface area contributed by atoms with Crippen molar-refractivity contribution in [3.8, 4) is 22.5 Å². The number of hydrogen-bond donors (Lipinski definition) is 3. The van der Waals surface area contributed by atoms with Gasteiger partial charge in [-0.05, 0) is 35.4 Å². The van der Waals surface area contributed by atoms with Gasteiger partial charge in [-0.3, -0.25) is 14.4 Å². The van der Waals surface area contributed by atoms with Gasteiger partial charge >= 0.3 is 0 Å². The van der Waals surface area contributed by atoms with Crippen molar-refractivity contribution >= 4 is 17.6 Å². The van der Waals surface area contributed by atoms with Crippen molar-refractivity contribution in [1.82, 2.24) is 10.2 Å². The van der Waals surface area contributed by atoms with Crippen molar-refractivity contribution in [2.75, 3.05) is 20.7 Å². The molecule has 8 nitrogen and oxygen atoms in total. The molecule has 3 aromatic rings. The van der Waals surface area contributed by atoms with Gasteiger partial charge < -0.3 is 24.8 Å². The summed E-state index contributed by atoms with van der Waals surface area (Å²) in [7, 11) is 2.70. The maximum absolute atomic E-state index is 12.8. The molecule has 0 saturated carbocycles. The molecule has 0 aliphatic rings. The van der Waals surface area contributed by atoms with Gasteiger partial charge in [0.1, 0.15) is 24.7 Å². The first kappa shape index (κ1) is 22.9. The molecule has 166 valence electrons. The zero-order chi connectivity index (χ0) is 23.3. The third kappa shape index (κ3) is 4.77. The molecule has 2 amide bonds. The first-order chi connectivity index (χ1) is 15.4. The molecule has 3 rings (SSSR count). The molecule has 0 bridgehead atoms. The van der Waals surface area contributed by atoms with E-state index in [1.165, 1.54) is 14.1 Å². The highest BCUT2D eigenvalue weighted by molar-refractivity contribution is 6.10. The van der Waals surface area contributed by atoms with E-state index in [2.05, 4.69) is 5.32 Å². The number of furan rings is 1. The van der Waals surface area contributed by atoms with Gasteiger partial charge in [-0.1, -0.05) is 36.4 Å². The summed E-state index contributed by atoms with van der Waals surface area (Å²) < 4.78 is 5.54. The summed E-state index contributed by atoms with van der Waals surface area (Å²) in [5.74, 6) is -0.792. The molecular formula is C24H24N2O6. The summed E-state index contributed by atoms with van der Waals surface area (Å²) >= 11 is 0. The molecule has 1 aromatic heterocycles. The van der Waals surface area contributed by atoms with Crippen LogP contribution in [0, 0.1) is 0 Å². The van der Waals surface area contributed by atoms with Crippen LogP contribution in [0.2, 0.25) is 0 Å². The minimum atomic E-state index is -1.40. The van der Waals surface area contributed by atoms with E-state index in [9.17, 15) is 14.4 Å². The van der Waals surface area contributed by atoms with E-state index in [0.717, 1.165) is 21.6 Å². The molecule has 2 aromatic carbocycles. The highest BCUT2D eigenvalue weighted by atomic mass is 16.4. The van der Waals surface area contributed by atoms with Gasteiger partial charge in [-0.15, -0.1) is 0 Å². The second kappa shape index (κ2) is 10.0. The number of aliphatic hydroxyl groups is 2. The minimum absolute atomic E-state index is 0.156. The maximum atomic E-state index is 12.8. The Hall–Kier alpha value is -3.75. The van der Waals surface area contributed by atoms with Crippen LogP contribution in [0.5, 0.6) is 0 Å². The fourth-order valence-electron chi connectivity index (χ4n) is 3.33. The van der Waals surface area contributed by atoms with Crippen molar-refractivity contribution in [3.63, 3.8) is 0 Å². The topological polar surface area (TPSA) is 120 Å². The van der Waals surface area contributed by atoms with Crippen molar-refractivity contribution in [1.29, 1.82) is 0 Å². The van der Waals surface area contributed by atoms with Gasteiger partial charge in [0, 0.05) is 25.2 Å². The highest BCUT2D eigenvalue weighted by Crippen LogP contribution is 2.26. The highest BCUT2D eigenvalue weighted by Gasteiger charge is 2.32. The second-order valence-corrected chi connectivity index (χ2v) is 7.14. The summed E-state index contributed by atoms with van der Waals surface area (Å²) in [6.07, 6.45) is 0. The summed E-state index contributed by atoms with van der Waals surface area (Å²) in [4.78, 5) is 37.8. The number of carbonyl (C=O) groups excluding carboxylic acids is 3. The smallest absolute Gasteiger partial charge is 0.254 e. The van der Waals surface area contributed by atoms with E-state index >= 15 is 0 Å². The summed E-state index contributed by atoms with van der Waals surface area (Å²) in [6, 6.07) is 16.5. The van der Waals surface area contributed by atoms with Crippen LogP contribution in [-0.2, 0) is 16.2 Å². The number of aliphatic hydroxyl groups excluding tert-OH is 2. The van der Waals surface area contributed by atoms with Crippen LogP contribution in [0.1, 0.15) is 16.1 Å². The lowest BCUT2D eigenvalue weighted by Gasteiger charge is -2.25. The van der Waals surface area contributed by atoms with E-state index < -0.39 is 30.2 Å². The second-order valence-electron chi connectivity index (χ2n) is 7.14. The van der Waals surface area contributed by atoms with Crippen LogP contribution in [0.15, 0.2) is 65.1 Å². The zero-order valence-corrected chi connectivity index (χ0v) is 17.7. The van der Waals surface area contributed by atoms with Gasteiger partial charge in [0.25, 0.3) is 5.91 Å². The molecule has 0 spiro atoms. The molecule has 8 heteroatoms. The van der Waals surface area contributed by atoms with Crippen LogP contribution in [0.4, 0.5) is 0 Å². The number of nitrogens with one attached hydrogen (secondary N) is 1. The average molecular weight is 436 g/mol. The number of likely N-dealkylation sites (N-methyl/N-ethyl adjacent to an activating group) is 2. The fourth-order valence-corrected chi connectivity index (χ4v) is 3.33. The molecule has 1 atom stereocenters. The minimum Gasteiger partial charge on any atom is -0.459 e. The Balaban J connectivity index is 1.77. The number of nitrogens with zero attached hydrogens (tertiary/aromatic N) is 1. The van der Waals surface area contributed by atoms with E-state index in [-0.39, 0.29) is 6.61 Å². The number of benzene rings is 2. The molecule has 0 aliphatic heterocycles. The average Bonchev–Trinajstić information content (AvgIpc) is 3.33. The van der Waals surface area contributed by atoms with E-state index in [4.69, 9.17) is 14.6 Å². The number of amides is 2. The van der Waals surface area contributed by atoms with Crippen LogP contribution in [0.3, 0.4) is 0 Å². The van der Waals surface area contributed by atoms with Crippen molar-refractivity contribution < 1.29 is 29.0 Å². The Morgan fingerprint density at radius 1 is 0.906 bits per heavy atom. The largest absolute Gasteiger partial charge is 0.459 e. The number of carbonyl (C=O) groups is 3. The maximum Gasteiger partial charge on any atom is 0.254 e. The molecule has 0 saturated heterocycles. The van der Waals surface area contributed by atoms with Crippen LogP contribution in [0.25, 0.3) is 22.5 Å². The Kier molecular flexibility index (Phi) is 7.19. The first-order valence-electron chi connectivity index (χ1n) is 9.92. The molecule has 1 unspecified atom stereocenters. The summed E-state index contributed by atoms with van der Waals surface area (Å²) in [5.41, 5.74) is 2.98. The van der Waals surface area contributed by atoms with E-state index in [1.807, 2.05) is 24.3 Å². The predicted octanol–water partition coefficient (Wildman–Crippen LogP) is 1.85. The molecule has 1 heterocycles. The van der Waals surface area contributed by atoms with Crippen LogP contribution < -0.4 is 5.32 Å². The predicted molar refractivity (Wildman–Crippen MR) is 118 cm³/mol. The molecule has 0 fully saturated rings. The fraction of sp³-hybridized carbons (Fsp3) is 0.208. The number of Topliss-reactive ketones (excluding diaryl/α,β-unsaturated/α-hetero) is 1. The SMILES string of the molecule is CNC(=O)C(C(=O)CO)N(C)C(=O)c1ccc(-c2ccc(-c3ccc(CO)o3)cc2)cc1.